The molecule has 3 rings (SSSR count). The van der Waals surface area contributed by atoms with Crippen LogP contribution in [0.4, 0.5) is 0 Å². The van der Waals surface area contributed by atoms with E-state index in [0.717, 1.165) is 41.4 Å². The smallest absolute Gasteiger partial charge is 0.236 e. The lowest BCUT2D eigenvalue weighted by Crippen LogP contribution is -2.25. The lowest BCUT2D eigenvalue weighted by atomic mass is 10.1. The van der Waals surface area contributed by atoms with Crippen molar-refractivity contribution in [1.29, 1.82) is 0 Å². The highest BCUT2D eigenvalue weighted by Crippen LogP contribution is 2.31. The Bertz CT molecular complexity index is 1110. The average Bonchev–Trinajstić information content (AvgIpc) is 3.39. The average molecular weight is 446 g/mol. The zero-order valence-corrected chi connectivity index (χ0v) is 18.8. The van der Waals surface area contributed by atoms with Gasteiger partial charge in [0.25, 0.3) is 0 Å². The van der Waals surface area contributed by atoms with Crippen LogP contribution >= 0.6 is 11.6 Å². The summed E-state index contributed by atoms with van der Waals surface area (Å²) < 4.78 is 26.0. The molecule has 160 valence electrons. The minimum Gasteiger partial charge on any atom is -0.380 e. The summed E-state index contributed by atoms with van der Waals surface area (Å²) in [6, 6.07) is 6.19. The Labute approximate surface area is 183 Å². The van der Waals surface area contributed by atoms with E-state index in [0.29, 0.717) is 30.4 Å². The second-order valence-electron chi connectivity index (χ2n) is 7.30. The SMILES string of the molecule is C=C/C(=C\C=C\S(=O)(=O)N1CCCC1)CNC(=C)c1[nH]c2ccc(CC)cc2c1Cl. The number of hydrogen-bond acceptors (Lipinski definition) is 3. The van der Waals surface area contributed by atoms with Crippen LogP contribution in [-0.4, -0.2) is 37.3 Å². The predicted octanol–water partition coefficient (Wildman–Crippen LogP) is 5.00. The number of fused-ring (bicyclic) bond motifs is 1. The zero-order chi connectivity index (χ0) is 21.7. The molecule has 0 radical (unpaired) electrons. The van der Waals surface area contributed by atoms with Crippen molar-refractivity contribution < 1.29 is 8.42 Å². The Morgan fingerprint density at radius 3 is 2.73 bits per heavy atom. The molecule has 30 heavy (non-hydrogen) atoms. The van der Waals surface area contributed by atoms with E-state index in [1.54, 1.807) is 18.2 Å². The number of allylic oxidation sites excluding steroid dienone is 2. The number of aromatic nitrogens is 1. The predicted molar refractivity (Wildman–Crippen MR) is 127 cm³/mol. The standard InChI is InChI=1S/C23H28ClN3O2S/c1-4-18-10-11-21-20(15-18)22(24)23(26-21)17(3)25-16-19(5-2)9-8-14-30(28,29)27-12-6-7-13-27/h5,8-11,14-15,25-26H,2-4,6-7,12-13,16H2,1H3/b14-8+,19-9+. The molecule has 7 heteroatoms. The summed E-state index contributed by atoms with van der Waals surface area (Å²) in [4.78, 5) is 3.31. The van der Waals surface area contributed by atoms with E-state index in [4.69, 9.17) is 11.6 Å². The van der Waals surface area contributed by atoms with Crippen molar-refractivity contribution in [3.8, 4) is 0 Å². The Balaban J connectivity index is 1.67. The van der Waals surface area contributed by atoms with Gasteiger partial charge in [0, 0.05) is 35.9 Å². The van der Waals surface area contributed by atoms with E-state index in [1.165, 1.54) is 15.3 Å². The molecule has 5 nitrogen and oxygen atoms in total. The Kier molecular flexibility index (Phi) is 7.23. The highest BCUT2D eigenvalue weighted by atomic mass is 35.5. The molecule has 0 spiro atoms. The normalized spacial score (nSPS) is 15.9. The molecule has 0 atom stereocenters. The fourth-order valence-corrected chi connectivity index (χ4v) is 4.96. The van der Waals surface area contributed by atoms with Crippen molar-refractivity contribution >= 4 is 38.2 Å². The lowest BCUT2D eigenvalue weighted by molar-refractivity contribution is 0.486. The van der Waals surface area contributed by atoms with Crippen LogP contribution in [-0.2, 0) is 16.4 Å². The van der Waals surface area contributed by atoms with Gasteiger partial charge in [0.15, 0.2) is 0 Å². The molecule has 1 aromatic heterocycles. The van der Waals surface area contributed by atoms with Crippen LogP contribution in [0, 0.1) is 0 Å². The summed E-state index contributed by atoms with van der Waals surface area (Å²) in [7, 11) is -3.35. The summed E-state index contributed by atoms with van der Waals surface area (Å²) in [6.07, 6.45) is 7.76. The largest absolute Gasteiger partial charge is 0.380 e. The van der Waals surface area contributed by atoms with Crippen molar-refractivity contribution in [2.24, 2.45) is 0 Å². The molecule has 0 amide bonds. The molecule has 1 fully saturated rings. The van der Waals surface area contributed by atoms with Gasteiger partial charge in [0.05, 0.1) is 16.4 Å². The highest BCUT2D eigenvalue weighted by molar-refractivity contribution is 7.92. The van der Waals surface area contributed by atoms with Crippen molar-refractivity contribution in [3.05, 3.63) is 76.8 Å². The number of nitrogens with zero attached hydrogens (tertiary/aromatic N) is 1. The van der Waals surface area contributed by atoms with Crippen LogP contribution in [0.3, 0.4) is 0 Å². The maximum Gasteiger partial charge on any atom is 0.236 e. The Morgan fingerprint density at radius 1 is 1.33 bits per heavy atom. The minimum atomic E-state index is -3.35. The van der Waals surface area contributed by atoms with Gasteiger partial charge in [-0.05, 0) is 48.6 Å². The number of benzene rings is 1. The van der Waals surface area contributed by atoms with Gasteiger partial charge in [-0.3, -0.25) is 0 Å². The van der Waals surface area contributed by atoms with Crippen LogP contribution in [0.25, 0.3) is 16.6 Å². The summed E-state index contributed by atoms with van der Waals surface area (Å²) in [5, 5.41) is 6.10. The number of rotatable bonds is 9. The molecule has 1 saturated heterocycles. The maximum absolute atomic E-state index is 12.3. The van der Waals surface area contributed by atoms with Gasteiger partial charge in [-0.15, -0.1) is 0 Å². The lowest BCUT2D eigenvalue weighted by Gasteiger charge is -2.11. The molecule has 2 N–H and O–H groups in total. The Hall–Kier alpha value is -2.28. The van der Waals surface area contributed by atoms with E-state index < -0.39 is 10.0 Å². The summed E-state index contributed by atoms with van der Waals surface area (Å²) >= 11 is 6.58. The molecular weight excluding hydrogens is 418 g/mol. The van der Waals surface area contributed by atoms with Crippen LogP contribution in [0.15, 0.2) is 60.6 Å². The van der Waals surface area contributed by atoms with Crippen molar-refractivity contribution in [2.45, 2.75) is 26.2 Å². The number of aryl methyl sites for hydroxylation is 1. The van der Waals surface area contributed by atoms with E-state index in [-0.39, 0.29) is 0 Å². The quantitative estimate of drug-likeness (QED) is 0.534. The monoisotopic (exact) mass is 445 g/mol. The van der Waals surface area contributed by atoms with Gasteiger partial charge in [-0.1, -0.05) is 49.9 Å². The molecule has 1 aliphatic heterocycles. The number of halogens is 1. The first kappa shape index (κ1) is 22.4. The van der Waals surface area contributed by atoms with Gasteiger partial charge in [-0.2, -0.15) is 4.31 Å². The highest BCUT2D eigenvalue weighted by Gasteiger charge is 2.22. The van der Waals surface area contributed by atoms with E-state index in [9.17, 15) is 8.42 Å². The van der Waals surface area contributed by atoms with Crippen molar-refractivity contribution in [1.82, 2.24) is 14.6 Å². The van der Waals surface area contributed by atoms with Crippen LogP contribution in [0.2, 0.25) is 5.02 Å². The van der Waals surface area contributed by atoms with Crippen LogP contribution < -0.4 is 5.32 Å². The molecule has 2 heterocycles. The number of H-pyrrole nitrogens is 1. The first-order valence-corrected chi connectivity index (χ1v) is 12.0. The van der Waals surface area contributed by atoms with Gasteiger partial charge in [0.1, 0.15) is 0 Å². The number of aromatic amines is 1. The van der Waals surface area contributed by atoms with E-state index >= 15 is 0 Å². The molecule has 0 aliphatic carbocycles. The van der Waals surface area contributed by atoms with Crippen LogP contribution in [0.1, 0.15) is 31.0 Å². The summed E-state index contributed by atoms with van der Waals surface area (Å²) in [6.45, 7) is 11.6. The zero-order valence-electron chi connectivity index (χ0n) is 17.2. The second-order valence-corrected chi connectivity index (χ2v) is 9.50. The van der Waals surface area contributed by atoms with Crippen LogP contribution in [0.5, 0.6) is 0 Å². The maximum atomic E-state index is 12.3. The fraction of sp³-hybridized carbons (Fsp3) is 0.304. The molecule has 0 saturated carbocycles. The number of sulfonamides is 1. The fourth-order valence-electron chi connectivity index (χ4n) is 3.42. The third-order valence-electron chi connectivity index (χ3n) is 5.26. The number of nitrogens with one attached hydrogen (secondary N) is 2. The van der Waals surface area contributed by atoms with Crippen molar-refractivity contribution in [3.63, 3.8) is 0 Å². The molecule has 1 aromatic carbocycles. The summed E-state index contributed by atoms with van der Waals surface area (Å²) in [5.41, 5.74) is 4.43. The molecular formula is C23H28ClN3O2S. The third-order valence-corrected chi connectivity index (χ3v) is 7.24. The number of hydrogen-bond donors (Lipinski definition) is 2. The van der Waals surface area contributed by atoms with Gasteiger partial charge >= 0.3 is 0 Å². The van der Waals surface area contributed by atoms with Gasteiger partial charge in [0.2, 0.25) is 10.0 Å². The minimum absolute atomic E-state index is 0.447. The van der Waals surface area contributed by atoms with Gasteiger partial charge in [-0.25, -0.2) is 8.42 Å². The topological polar surface area (TPSA) is 65.2 Å². The first-order chi connectivity index (χ1) is 14.4. The third kappa shape index (κ3) is 5.06. The molecule has 0 unspecified atom stereocenters. The first-order valence-electron chi connectivity index (χ1n) is 10.1. The molecule has 0 bridgehead atoms. The van der Waals surface area contributed by atoms with E-state index in [1.807, 2.05) is 6.07 Å². The summed E-state index contributed by atoms with van der Waals surface area (Å²) in [5.74, 6) is 0. The second kappa shape index (κ2) is 9.69. The molecule has 2 aromatic rings. The van der Waals surface area contributed by atoms with Gasteiger partial charge < -0.3 is 10.3 Å². The van der Waals surface area contributed by atoms with E-state index in [2.05, 4.69) is 42.5 Å². The Morgan fingerprint density at radius 2 is 2.07 bits per heavy atom. The van der Waals surface area contributed by atoms with Crippen molar-refractivity contribution in [2.75, 3.05) is 19.6 Å². The molecule has 1 aliphatic rings.